The van der Waals surface area contributed by atoms with Crippen LogP contribution in [0.3, 0.4) is 0 Å². The van der Waals surface area contributed by atoms with Crippen LogP contribution in [0.4, 0.5) is 0 Å². The van der Waals surface area contributed by atoms with E-state index in [4.69, 9.17) is 4.74 Å². The van der Waals surface area contributed by atoms with Crippen molar-refractivity contribution in [1.82, 2.24) is 9.80 Å². The topological polar surface area (TPSA) is 53.0 Å². The van der Waals surface area contributed by atoms with Gasteiger partial charge in [-0.2, -0.15) is 0 Å². The number of aliphatic hydroxyl groups excluding tert-OH is 1. The molecule has 1 aromatic carbocycles. The van der Waals surface area contributed by atoms with Gasteiger partial charge in [0.2, 0.25) is 0 Å². The van der Waals surface area contributed by atoms with Crippen LogP contribution in [0.1, 0.15) is 30.9 Å². The highest BCUT2D eigenvalue weighted by Gasteiger charge is 2.34. The summed E-state index contributed by atoms with van der Waals surface area (Å²) in [6, 6.07) is 9.92. The molecule has 1 aliphatic heterocycles. The molecule has 0 aromatic heterocycles. The molecule has 1 aliphatic carbocycles. The predicted octanol–water partition coefficient (Wildman–Crippen LogP) is 1.43. The highest BCUT2D eigenvalue weighted by molar-refractivity contribution is 5.82. The Kier molecular flexibility index (Phi) is 5.30. The number of carbonyl (C=O) groups is 1. The molecule has 126 valence electrons. The fourth-order valence-electron chi connectivity index (χ4n) is 3.79. The number of hydrogen-bond acceptors (Lipinski definition) is 4. The second-order valence-corrected chi connectivity index (χ2v) is 6.45. The van der Waals surface area contributed by atoms with Gasteiger partial charge in [-0.1, -0.05) is 30.3 Å². The van der Waals surface area contributed by atoms with Crippen LogP contribution in [0.2, 0.25) is 0 Å². The zero-order chi connectivity index (χ0) is 16.2. The number of hydrogen-bond donors (Lipinski definition) is 1. The van der Waals surface area contributed by atoms with Gasteiger partial charge in [-0.3, -0.25) is 9.69 Å². The number of amides is 1. The molecule has 0 unspecified atom stereocenters. The van der Waals surface area contributed by atoms with Gasteiger partial charge in [0.25, 0.3) is 5.91 Å². The normalized spacial score (nSPS) is 27.1. The van der Waals surface area contributed by atoms with E-state index in [1.165, 1.54) is 0 Å². The van der Waals surface area contributed by atoms with E-state index >= 15 is 0 Å². The molecule has 1 heterocycles. The largest absolute Gasteiger partial charge is 0.391 e. The monoisotopic (exact) mass is 318 g/mol. The molecule has 3 rings (SSSR count). The molecule has 3 atom stereocenters. The summed E-state index contributed by atoms with van der Waals surface area (Å²) >= 11 is 0. The van der Waals surface area contributed by atoms with Crippen molar-refractivity contribution in [2.45, 2.75) is 37.5 Å². The summed E-state index contributed by atoms with van der Waals surface area (Å²) in [5, 5.41) is 10.0. The van der Waals surface area contributed by atoms with E-state index < -0.39 is 6.10 Å². The van der Waals surface area contributed by atoms with Crippen molar-refractivity contribution in [3.8, 4) is 0 Å². The first-order valence-corrected chi connectivity index (χ1v) is 8.49. The van der Waals surface area contributed by atoms with Crippen LogP contribution in [-0.2, 0) is 9.53 Å². The Balaban J connectivity index is 1.59. The second kappa shape index (κ2) is 7.43. The Hall–Kier alpha value is -1.43. The molecule has 0 bridgehead atoms. The minimum atomic E-state index is -0.528. The Morgan fingerprint density at radius 1 is 1.17 bits per heavy atom. The van der Waals surface area contributed by atoms with E-state index in [1.807, 2.05) is 35.2 Å². The number of aliphatic hydroxyl groups is 1. The first-order chi connectivity index (χ1) is 11.2. The summed E-state index contributed by atoms with van der Waals surface area (Å²) in [7, 11) is 1.58. The van der Waals surface area contributed by atoms with Crippen molar-refractivity contribution in [1.29, 1.82) is 0 Å². The molecule has 1 N–H and O–H groups in total. The highest BCUT2D eigenvalue weighted by Crippen LogP contribution is 2.26. The van der Waals surface area contributed by atoms with Crippen LogP contribution in [0.15, 0.2) is 30.3 Å². The lowest BCUT2D eigenvalue weighted by atomic mass is 10.1. The third-order valence-corrected chi connectivity index (χ3v) is 5.10. The number of methoxy groups -OCH3 is 1. The smallest absolute Gasteiger partial charge is 0.256 e. The van der Waals surface area contributed by atoms with Crippen molar-refractivity contribution in [2.24, 2.45) is 0 Å². The molecular formula is C18H26N2O3. The third kappa shape index (κ3) is 3.57. The summed E-state index contributed by atoms with van der Waals surface area (Å²) in [5.41, 5.74) is 0.897. The molecule has 1 saturated heterocycles. The van der Waals surface area contributed by atoms with E-state index in [0.29, 0.717) is 13.1 Å². The van der Waals surface area contributed by atoms with Gasteiger partial charge >= 0.3 is 0 Å². The van der Waals surface area contributed by atoms with E-state index in [1.54, 1.807) is 7.11 Å². The number of rotatable bonds is 4. The molecule has 0 radical (unpaired) electrons. The van der Waals surface area contributed by atoms with E-state index in [9.17, 15) is 9.90 Å². The number of ether oxygens (including phenoxy) is 1. The minimum absolute atomic E-state index is 0.0327. The predicted molar refractivity (Wildman–Crippen MR) is 88.0 cm³/mol. The maximum Gasteiger partial charge on any atom is 0.256 e. The molecule has 0 spiro atoms. The first-order valence-electron chi connectivity index (χ1n) is 8.49. The van der Waals surface area contributed by atoms with Crippen LogP contribution >= 0.6 is 0 Å². The average molecular weight is 318 g/mol. The summed E-state index contributed by atoms with van der Waals surface area (Å²) < 4.78 is 5.45. The van der Waals surface area contributed by atoms with Crippen LogP contribution in [0.5, 0.6) is 0 Å². The van der Waals surface area contributed by atoms with Gasteiger partial charge < -0.3 is 14.7 Å². The number of carbonyl (C=O) groups excluding carboxylic acids is 1. The molecule has 23 heavy (non-hydrogen) atoms. The van der Waals surface area contributed by atoms with Gasteiger partial charge in [0.15, 0.2) is 6.10 Å². The van der Waals surface area contributed by atoms with E-state index in [2.05, 4.69) is 4.90 Å². The van der Waals surface area contributed by atoms with Crippen LogP contribution in [-0.4, -0.2) is 66.2 Å². The SMILES string of the molecule is CO[C@H](C(=O)N1CCN([C@H]2CCC[C@@H]2O)CC1)c1ccccc1. The summed E-state index contributed by atoms with van der Waals surface area (Å²) in [6.45, 7) is 3.07. The van der Waals surface area contributed by atoms with E-state index in [-0.39, 0.29) is 18.1 Å². The van der Waals surface area contributed by atoms with E-state index in [0.717, 1.165) is 37.9 Å². The maximum atomic E-state index is 12.8. The number of piperazine rings is 1. The van der Waals surface area contributed by atoms with Gasteiger partial charge in [0.05, 0.1) is 6.10 Å². The fourth-order valence-corrected chi connectivity index (χ4v) is 3.79. The molecule has 2 fully saturated rings. The summed E-state index contributed by atoms with van der Waals surface area (Å²) in [4.78, 5) is 17.0. The van der Waals surface area contributed by atoms with Crippen LogP contribution in [0, 0.1) is 0 Å². The zero-order valence-corrected chi connectivity index (χ0v) is 13.7. The van der Waals surface area contributed by atoms with Crippen molar-refractivity contribution in [2.75, 3.05) is 33.3 Å². The van der Waals surface area contributed by atoms with Crippen LogP contribution < -0.4 is 0 Å². The second-order valence-electron chi connectivity index (χ2n) is 6.45. The summed E-state index contributed by atoms with van der Waals surface area (Å²) in [6.07, 6.45) is 2.35. The molecule has 1 saturated carbocycles. The van der Waals surface area contributed by atoms with Crippen molar-refractivity contribution < 1.29 is 14.6 Å². The lowest BCUT2D eigenvalue weighted by Gasteiger charge is -2.40. The van der Waals surface area contributed by atoms with Crippen molar-refractivity contribution >= 4 is 5.91 Å². The minimum Gasteiger partial charge on any atom is -0.391 e. The Bertz CT molecular complexity index is 514. The van der Waals surface area contributed by atoms with Gasteiger partial charge in [-0.25, -0.2) is 0 Å². The number of nitrogens with zero attached hydrogens (tertiary/aromatic N) is 2. The van der Waals surface area contributed by atoms with Crippen molar-refractivity contribution in [3.63, 3.8) is 0 Å². The maximum absolute atomic E-state index is 12.8. The Morgan fingerprint density at radius 3 is 2.43 bits per heavy atom. The first kappa shape index (κ1) is 16.4. The van der Waals surface area contributed by atoms with Gasteiger partial charge in [-0.05, 0) is 24.8 Å². The standard InChI is InChI=1S/C18H26N2O3/c1-23-17(14-6-3-2-4-7-14)18(22)20-12-10-19(11-13-20)15-8-5-9-16(15)21/h2-4,6-7,15-17,21H,5,8-13H2,1H3/t15-,16-,17-/m0/s1. The van der Waals surface area contributed by atoms with Gasteiger partial charge in [0.1, 0.15) is 0 Å². The molecule has 5 nitrogen and oxygen atoms in total. The summed E-state index contributed by atoms with van der Waals surface area (Å²) in [5.74, 6) is 0.0327. The lowest BCUT2D eigenvalue weighted by Crippen LogP contribution is -2.54. The Labute approximate surface area is 137 Å². The zero-order valence-electron chi connectivity index (χ0n) is 13.7. The quantitative estimate of drug-likeness (QED) is 0.912. The number of benzene rings is 1. The molecule has 1 amide bonds. The molecule has 2 aliphatic rings. The average Bonchev–Trinajstić information content (AvgIpc) is 3.02. The lowest BCUT2D eigenvalue weighted by molar-refractivity contribution is -0.144. The van der Waals surface area contributed by atoms with Crippen LogP contribution in [0.25, 0.3) is 0 Å². The van der Waals surface area contributed by atoms with Gasteiger partial charge in [-0.15, -0.1) is 0 Å². The highest BCUT2D eigenvalue weighted by atomic mass is 16.5. The molecule has 5 heteroatoms. The molecular weight excluding hydrogens is 292 g/mol. The third-order valence-electron chi connectivity index (χ3n) is 5.10. The fraction of sp³-hybridized carbons (Fsp3) is 0.611. The van der Waals surface area contributed by atoms with Crippen molar-refractivity contribution in [3.05, 3.63) is 35.9 Å². The Morgan fingerprint density at radius 2 is 1.87 bits per heavy atom. The molecule has 1 aromatic rings. The van der Waals surface area contributed by atoms with Gasteiger partial charge in [0, 0.05) is 39.3 Å².